The van der Waals surface area contributed by atoms with Gasteiger partial charge in [-0.3, -0.25) is 4.98 Å². The molecule has 0 radical (unpaired) electrons. The molecule has 3 unspecified atom stereocenters. The number of hydrogen-bond donors (Lipinski definition) is 2. The van der Waals surface area contributed by atoms with E-state index in [0.717, 1.165) is 52.2 Å². The molecule has 4 heteroatoms. The molecule has 2 aliphatic rings. The highest BCUT2D eigenvalue weighted by atomic mass is 16.5. The van der Waals surface area contributed by atoms with E-state index in [2.05, 4.69) is 52.0 Å². The van der Waals surface area contributed by atoms with Crippen LogP contribution < -0.4 is 4.74 Å². The molecule has 3 atom stereocenters. The van der Waals surface area contributed by atoms with Crippen LogP contribution in [0.4, 0.5) is 0 Å². The summed E-state index contributed by atoms with van der Waals surface area (Å²) in [6, 6.07) is 18.6. The molecular weight excluding hydrogens is 434 g/mol. The van der Waals surface area contributed by atoms with Gasteiger partial charge < -0.3 is 14.9 Å². The molecule has 0 saturated heterocycles. The Morgan fingerprint density at radius 1 is 0.914 bits per heavy atom. The molecule has 0 spiro atoms. The monoisotopic (exact) mass is 471 g/mol. The molecule has 184 valence electrons. The van der Waals surface area contributed by atoms with Gasteiger partial charge in [0.15, 0.2) is 0 Å². The number of benzene rings is 2. The van der Waals surface area contributed by atoms with Crippen LogP contribution in [-0.4, -0.2) is 15.2 Å². The van der Waals surface area contributed by atoms with Gasteiger partial charge in [-0.25, -0.2) is 0 Å². The minimum atomic E-state index is -0.585. The van der Waals surface area contributed by atoms with E-state index < -0.39 is 12.2 Å². The van der Waals surface area contributed by atoms with Crippen molar-refractivity contribution < 1.29 is 14.9 Å². The Morgan fingerprint density at radius 3 is 2.31 bits per heavy atom. The van der Waals surface area contributed by atoms with Gasteiger partial charge in [-0.2, -0.15) is 0 Å². The number of ether oxygens (including phenoxy) is 1. The van der Waals surface area contributed by atoms with Crippen molar-refractivity contribution in [1.82, 2.24) is 4.98 Å². The summed E-state index contributed by atoms with van der Waals surface area (Å²) >= 11 is 0. The van der Waals surface area contributed by atoms with E-state index in [1.807, 2.05) is 30.3 Å². The second-order valence-corrected chi connectivity index (χ2v) is 11.4. The van der Waals surface area contributed by atoms with Crippen LogP contribution in [0.25, 0.3) is 0 Å². The van der Waals surface area contributed by atoms with Crippen molar-refractivity contribution in [3.63, 3.8) is 0 Å². The van der Waals surface area contributed by atoms with Gasteiger partial charge in [0.2, 0.25) is 0 Å². The van der Waals surface area contributed by atoms with Crippen LogP contribution in [0.1, 0.15) is 110 Å². The molecule has 35 heavy (non-hydrogen) atoms. The lowest BCUT2D eigenvalue weighted by atomic mass is 9.68. The lowest BCUT2D eigenvalue weighted by molar-refractivity contribution is 0.0881. The number of fused-ring (bicyclic) bond motifs is 3. The van der Waals surface area contributed by atoms with Crippen molar-refractivity contribution in [2.24, 2.45) is 5.41 Å². The number of rotatable bonds is 5. The second-order valence-electron chi connectivity index (χ2n) is 11.4. The Bertz CT molecular complexity index is 1180. The molecule has 2 aromatic carbocycles. The first-order chi connectivity index (χ1) is 16.7. The Labute approximate surface area is 209 Å². The highest BCUT2D eigenvalue weighted by molar-refractivity contribution is 5.52. The SMILES string of the molecule is CC(C)c1nc2c(c3c1C(c1ccc(OCc4ccccc4)cc1)CCC3O)C(O)CC(C)(C)C2. The lowest BCUT2D eigenvalue weighted by Crippen LogP contribution is -2.31. The highest BCUT2D eigenvalue weighted by Gasteiger charge is 2.40. The molecule has 2 N–H and O–H groups in total. The number of nitrogens with zero attached hydrogens (tertiary/aromatic N) is 1. The van der Waals surface area contributed by atoms with Gasteiger partial charge >= 0.3 is 0 Å². The van der Waals surface area contributed by atoms with Crippen molar-refractivity contribution in [3.05, 3.63) is 93.8 Å². The minimum absolute atomic E-state index is 0.00347. The fourth-order valence-corrected chi connectivity index (χ4v) is 6.01. The van der Waals surface area contributed by atoms with Crippen molar-refractivity contribution in [1.29, 1.82) is 0 Å². The van der Waals surface area contributed by atoms with E-state index in [9.17, 15) is 10.2 Å². The summed E-state index contributed by atoms with van der Waals surface area (Å²) in [5, 5.41) is 22.4. The largest absolute Gasteiger partial charge is 0.489 e. The molecule has 5 rings (SSSR count). The molecule has 0 aliphatic heterocycles. The summed E-state index contributed by atoms with van der Waals surface area (Å²) in [5.41, 5.74) is 7.36. The van der Waals surface area contributed by atoms with E-state index in [-0.39, 0.29) is 17.3 Å². The molecule has 0 amide bonds. The van der Waals surface area contributed by atoms with Gasteiger partial charge in [-0.05, 0) is 71.4 Å². The predicted molar refractivity (Wildman–Crippen MR) is 139 cm³/mol. The molecular formula is C31H37NO3. The summed E-state index contributed by atoms with van der Waals surface area (Å²) in [4.78, 5) is 5.17. The fraction of sp³-hybridized carbons (Fsp3) is 0.452. The molecule has 0 fully saturated rings. The molecule has 0 bridgehead atoms. The molecule has 3 aromatic rings. The lowest BCUT2D eigenvalue weighted by Gasteiger charge is -2.40. The van der Waals surface area contributed by atoms with Crippen molar-refractivity contribution in [3.8, 4) is 5.75 Å². The topological polar surface area (TPSA) is 62.6 Å². The summed E-state index contributed by atoms with van der Waals surface area (Å²) in [7, 11) is 0. The van der Waals surface area contributed by atoms with Crippen LogP contribution in [0.5, 0.6) is 5.75 Å². The van der Waals surface area contributed by atoms with Crippen LogP contribution in [0.3, 0.4) is 0 Å². The van der Waals surface area contributed by atoms with Crippen molar-refractivity contribution in [2.45, 2.75) is 84.0 Å². The predicted octanol–water partition coefficient (Wildman–Crippen LogP) is 6.75. The van der Waals surface area contributed by atoms with E-state index in [1.165, 1.54) is 5.56 Å². The summed E-state index contributed by atoms with van der Waals surface area (Å²) in [5.74, 6) is 1.23. The van der Waals surface area contributed by atoms with Gasteiger partial charge in [-0.15, -0.1) is 0 Å². The number of pyridine rings is 1. The van der Waals surface area contributed by atoms with E-state index in [0.29, 0.717) is 19.4 Å². The normalized spacial score (nSPS) is 23.0. The maximum absolute atomic E-state index is 11.2. The van der Waals surface area contributed by atoms with Gasteiger partial charge in [0.25, 0.3) is 0 Å². The Morgan fingerprint density at radius 2 is 1.63 bits per heavy atom. The summed E-state index contributed by atoms with van der Waals surface area (Å²) in [6.45, 7) is 9.28. The van der Waals surface area contributed by atoms with Crippen molar-refractivity contribution >= 4 is 0 Å². The van der Waals surface area contributed by atoms with Crippen LogP contribution in [0, 0.1) is 5.41 Å². The molecule has 1 aromatic heterocycles. The maximum Gasteiger partial charge on any atom is 0.119 e. The molecule has 1 heterocycles. The van der Waals surface area contributed by atoms with Crippen LogP contribution in [-0.2, 0) is 13.0 Å². The Balaban J connectivity index is 1.51. The molecule has 2 aliphatic carbocycles. The first-order valence-corrected chi connectivity index (χ1v) is 12.9. The van der Waals surface area contributed by atoms with Gasteiger partial charge in [0.05, 0.1) is 12.2 Å². The smallest absolute Gasteiger partial charge is 0.119 e. The number of aliphatic hydroxyl groups excluding tert-OH is 2. The first kappa shape index (κ1) is 24.0. The zero-order valence-corrected chi connectivity index (χ0v) is 21.3. The third-order valence-corrected chi connectivity index (χ3v) is 7.64. The van der Waals surface area contributed by atoms with Gasteiger partial charge in [0, 0.05) is 22.9 Å². The third kappa shape index (κ3) is 4.74. The van der Waals surface area contributed by atoms with Crippen LogP contribution in [0.15, 0.2) is 54.6 Å². The average Bonchev–Trinajstić information content (AvgIpc) is 2.82. The second kappa shape index (κ2) is 9.40. The Hall–Kier alpha value is -2.69. The fourth-order valence-electron chi connectivity index (χ4n) is 6.01. The molecule has 4 nitrogen and oxygen atoms in total. The zero-order chi connectivity index (χ0) is 24.7. The molecule has 0 saturated carbocycles. The highest BCUT2D eigenvalue weighted by Crippen LogP contribution is 2.51. The van der Waals surface area contributed by atoms with Gasteiger partial charge in [0.1, 0.15) is 12.4 Å². The summed E-state index contributed by atoms with van der Waals surface area (Å²) < 4.78 is 6.01. The zero-order valence-electron chi connectivity index (χ0n) is 21.3. The quantitative estimate of drug-likeness (QED) is 0.432. The maximum atomic E-state index is 11.2. The minimum Gasteiger partial charge on any atom is -0.489 e. The van der Waals surface area contributed by atoms with E-state index in [1.54, 1.807) is 0 Å². The first-order valence-electron chi connectivity index (χ1n) is 12.9. The van der Waals surface area contributed by atoms with E-state index >= 15 is 0 Å². The number of aliphatic hydroxyl groups is 2. The number of aromatic nitrogens is 1. The van der Waals surface area contributed by atoms with Crippen molar-refractivity contribution in [2.75, 3.05) is 0 Å². The number of hydrogen-bond acceptors (Lipinski definition) is 4. The average molecular weight is 472 g/mol. The Kier molecular flexibility index (Phi) is 6.45. The summed E-state index contributed by atoms with van der Waals surface area (Å²) in [6.07, 6.45) is 1.93. The van der Waals surface area contributed by atoms with E-state index in [4.69, 9.17) is 9.72 Å². The third-order valence-electron chi connectivity index (χ3n) is 7.64. The van der Waals surface area contributed by atoms with Crippen LogP contribution in [0.2, 0.25) is 0 Å². The van der Waals surface area contributed by atoms with Crippen LogP contribution >= 0.6 is 0 Å². The van der Waals surface area contributed by atoms with Gasteiger partial charge in [-0.1, -0.05) is 70.2 Å². The standard InChI is InChI=1S/C31H37NO3/c1-19(2)30-27-23(21-10-12-22(13-11-21)35-18-20-8-6-5-7-9-20)14-15-25(33)29(27)28-24(32-30)16-31(3,4)17-26(28)34/h5-13,19,23,25-26,33-34H,14-18H2,1-4H3.